The van der Waals surface area contributed by atoms with Crippen LogP contribution in [-0.4, -0.2) is 23.3 Å². The smallest absolute Gasteiger partial charge is 0.145 e. The minimum absolute atomic E-state index is 0.848. The monoisotopic (exact) mass is 829 g/mol. The van der Waals surface area contributed by atoms with E-state index in [1.165, 1.54) is 54.4 Å². The van der Waals surface area contributed by atoms with Gasteiger partial charge in [-0.05, 0) is 115 Å². The molecule has 0 radical (unpaired) electrons. The molecule has 0 aliphatic heterocycles. The molecule has 0 aliphatic rings. The highest BCUT2D eigenvalue weighted by molar-refractivity contribution is 6.15. The van der Waals surface area contributed by atoms with Crippen molar-refractivity contribution in [3.8, 4) is 22.7 Å². The fourth-order valence-corrected chi connectivity index (χ4v) is 11.0. The summed E-state index contributed by atoms with van der Waals surface area (Å²) in [6.45, 7) is 0. The first-order valence-electron chi connectivity index (χ1n) is 22.1. The molecule has 6 nitrogen and oxygen atoms in total. The van der Waals surface area contributed by atoms with Crippen molar-refractivity contribution in [2.24, 2.45) is 0 Å². The number of pyridine rings is 1. The van der Waals surface area contributed by atoms with Crippen LogP contribution in [0.25, 0.3) is 132 Å². The number of fused-ring (bicyclic) bond motifs is 15. The van der Waals surface area contributed by atoms with Crippen molar-refractivity contribution in [1.82, 2.24) is 23.3 Å². The fraction of sp³-hybridized carbons (Fsp3) is 0. The van der Waals surface area contributed by atoms with Gasteiger partial charge in [-0.25, -0.2) is 4.98 Å². The van der Waals surface area contributed by atoms with E-state index in [2.05, 4.69) is 218 Å². The molecule has 0 atom stereocenters. The van der Waals surface area contributed by atoms with Crippen LogP contribution in [0.15, 0.2) is 217 Å². The fourth-order valence-electron chi connectivity index (χ4n) is 11.0. The first-order chi connectivity index (χ1) is 32.2. The van der Waals surface area contributed by atoms with Gasteiger partial charge in [0.2, 0.25) is 0 Å². The Morgan fingerprint density at radius 3 is 1.05 bits per heavy atom. The Hall–Kier alpha value is -8.87. The molecular formula is C59H35N5O. The second-order valence-corrected chi connectivity index (χ2v) is 17.2. The molecule has 0 aliphatic carbocycles. The molecule has 0 spiro atoms. The molecule has 302 valence electrons. The zero-order valence-electron chi connectivity index (χ0n) is 34.9. The molecule has 15 rings (SSSR count). The first kappa shape index (κ1) is 34.7. The minimum Gasteiger partial charge on any atom is -0.456 e. The van der Waals surface area contributed by atoms with E-state index in [0.717, 1.165) is 77.7 Å². The maximum atomic E-state index is 6.56. The van der Waals surface area contributed by atoms with Crippen molar-refractivity contribution < 1.29 is 4.42 Å². The Labute approximate surface area is 370 Å². The third kappa shape index (κ3) is 4.74. The van der Waals surface area contributed by atoms with E-state index in [4.69, 9.17) is 9.40 Å². The number of rotatable bonds is 4. The lowest BCUT2D eigenvalue weighted by Gasteiger charge is -2.11. The molecule has 0 N–H and O–H groups in total. The van der Waals surface area contributed by atoms with Gasteiger partial charge in [0, 0.05) is 82.8 Å². The summed E-state index contributed by atoms with van der Waals surface area (Å²) in [5.41, 5.74) is 15.2. The molecular weight excluding hydrogens is 795 g/mol. The van der Waals surface area contributed by atoms with E-state index in [1.54, 1.807) is 0 Å². The molecule has 9 aromatic carbocycles. The van der Waals surface area contributed by atoms with Gasteiger partial charge in [0.1, 0.15) is 16.8 Å². The second kappa shape index (κ2) is 12.8. The Morgan fingerprint density at radius 1 is 0.262 bits per heavy atom. The van der Waals surface area contributed by atoms with Crippen LogP contribution in [0.1, 0.15) is 0 Å². The van der Waals surface area contributed by atoms with Crippen LogP contribution in [0.4, 0.5) is 0 Å². The van der Waals surface area contributed by atoms with Crippen molar-refractivity contribution in [1.29, 1.82) is 0 Å². The van der Waals surface area contributed by atoms with Gasteiger partial charge in [0.25, 0.3) is 0 Å². The highest BCUT2D eigenvalue weighted by Gasteiger charge is 2.20. The Balaban J connectivity index is 0.900. The van der Waals surface area contributed by atoms with Crippen molar-refractivity contribution in [2.75, 3.05) is 0 Å². The number of nitrogens with zero attached hydrogens (tertiary/aromatic N) is 5. The third-order valence-corrected chi connectivity index (χ3v) is 13.8. The van der Waals surface area contributed by atoms with Gasteiger partial charge in [0.05, 0.1) is 38.6 Å². The summed E-state index contributed by atoms with van der Waals surface area (Å²) in [5.74, 6) is 0. The number of furan rings is 1. The summed E-state index contributed by atoms with van der Waals surface area (Å²) < 4.78 is 16.0. The van der Waals surface area contributed by atoms with E-state index < -0.39 is 0 Å². The SMILES string of the molecule is c1ccc2c(c1)c1ccccc1n2-c1ccc2c(c1)c1ccccc1n2-c1ccc2oc3ccc(-n4c5ccc(-n6c7ccccc7c7ccccc76)cc5c5cccnc54)cc3c2c1. The zero-order valence-corrected chi connectivity index (χ0v) is 34.9. The van der Waals surface area contributed by atoms with Gasteiger partial charge in [-0.15, -0.1) is 0 Å². The summed E-state index contributed by atoms with van der Waals surface area (Å²) in [5, 5.41) is 11.8. The van der Waals surface area contributed by atoms with Crippen LogP contribution < -0.4 is 0 Å². The maximum Gasteiger partial charge on any atom is 0.145 e. The molecule has 6 heteroatoms. The number of para-hydroxylation sites is 5. The Bertz CT molecular complexity index is 4100. The van der Waals surface area contributed by atoms with Crippen LogP contribution >= 0.6 is 0 Å². The lowest BCUT2D eigenvalue weighted by atomic mass is 10.1. The van der Waals surface area contributed by atoms with Gasteiger partial charge in [-0.3, -0.25) is 4.57 Å². The van der Waals surface area contributed by atoms with Crippen molar-refractivity contribution >= 4 is 109 Å². The van der Waals surface area contributed by atoms with Gasteiger partial charge < -0.3 is 18.1 Å². The molecule has 6 heterocycles. The average molecular weight is 830 g/mol. The van der Waals surface area contributed by atoms with E-state index in [0.29, 0.717) is 0 Å². The predicted octanol–water partition coefficient (Wildman–Crippen LogP) is 15.4. The molecule has 0 fully saturated rings. The normalized spacial score (nSPS) is 12.3. The number of benzene rings is 9. The van der Waals surface area contributed by atoms with Crippen LogP contribution in [0.2, 0.25) is 0 Å². The summed E-state index contributed by atoms with van der Waals surface area (Å²) in [6, 6.07) is 74.6. The van der Waals surface area contributed by atoms with Gasteiger partial charge in [-0.1, -0.05) is 91.0 Å². The lowest BCUT2D eigenvalue weighted by molar-refractivity contribution is 0.669. The molecule has 15 aromatic rings. The van der Waals surface area contributed by atoms with Crippen molar-refractivity contribution in [2.45, 2.75) is 0 Å². The highest BCUT2D eigenvalue weighted by atomic mass is 16.3. The largest absolute Gasteiger partial charge is 0.456 e. The highest BCUT2D eigenvalue weighted by Crippen LogP contribution is 2.41. The van der Waals surface area contributed by atoms with Gasteiger partial charge in [-0.2, -0.15) is 0 Å². The van der Waals surface area contributed by atoms with Crippen molar-refractivity contribution in [3.63, 3.8) is 0 Å². The summed E-state index contributed by atoms with van der Waals surface area (Å²) in [4.78, 5) is 5.00. The van der Waals surface area contributed by atoms with E-state index in [-0.39, 0.29) is 0 Å². The molecule has 0 saturated heterocycles. The summed E-state index contributed by atoms with van der Waals surface area (Å²) in [7, 11) is 0. The predicted molar refractivity (Wildman–Crippen MR) is 269 cm³/mol. The van der Waals surface area contributed by atoms with E-state index in [9.17, 15) is 0 Å². The second-order valence-electron chi connectivity index (χ2n) is 17.2. The van der Waals surface area contributed by atoms with Crippen LogP contribution in [0.3, 0.4) is 0 Å². The lowest BCUT2D eigenvalue weighted by Crippen LogP contribution is -1.96. The number of hydrogen-bond donors (Lipinski definition) is 0. The quantitative estimate of drug-likeness (QED) is 0.177. The van der Waals surface area contributed by atoms with Crippen LogP contribution in [-0.2, 0) is 0 Å². The maximum absolute atomic E-state index is 6.56. The van der Waals surface area contributed by atoms with Crippen LogP contribution in [0, 0.1) is 0 Å². The molecule has 0 amide bonds. The summed E-state index contributed by atoms with van der Waals surface area (Å²) in [6.07, 6.45) is 1.89. The molecule has 0 saturated carbocycles. The van der Waals surface area contributed by atoms with Gasteiger partial charge >= 0.3 is 0 Å². The standard InChI is InChI=1S/C59H35N5O/c1-6-18-50-40(12-1)41-13-2-7-19-51(41)61(50)36-23-27-55-46(32-36)44-16-5-10-22-54(44)63(55)38-25-29-57-48(34-38)49-35-39(26-30-58(49)65-57)64-56-28-24-37(33-47(56)45-17-11-31-60-59(45)64)62-52-20-8-3-14-42(52)43-15-4-9-21-53(43)62/h1-35H. The minimum atomic E-state index is 0.848. The first-order valence-corrected chi connectivity index (χ1v) is 22.1. The molecule has 6 aromatic heterocycles. The summed E-state index contributed by atoms with van der Waals surface area (Å²) >= 11 is 0. The average Bonchev–Trinajstić information content (AvgIpc) is 4.16. The van der Waals surface area contributed by atoms with E-state index in [1.807, 2.05) is 12.3 Å². The third-order valence-electron chi connectivity index (χ3n) is 13.8. The molecule has 0 bridgehead atoms. The molecule has 65 heavy (non-hydrogen) atoms. The molecule has 0 unspecified atom stereocenters. The van der Waals surface area contributed by atoms with Gasteiger partial charge in [0.15, 0.2) is 0 Å². The number of hydrogen-bond acceptors (Lipinski definition) is 2. The Kier molecular flexibility index (Phi) is 6.86. The topological polar surface area (TPSA) is 45.8 Å². The van der Waals surface area contributed by atoms with Crippen molar-refractivity contribution in [3.05, 3.63) is 212 Å². The zero-order chi connectivity index (χ0) is 42.3. The number of aromatic nitrogens is 5. The van der Waals surface area contributed by atoms with E-state index >= 15 is 0 Å². The van der Waals surface area contributed by atoms with Crippen LogP contribution in [0.5, 0.6) is 0 Å². The Morgan fingerprint density at radius 2 is 0.585 bits per heavy atom.